The maximum absolute atomic E-state index is 11.2. The SMILES string of the molecule is CCCCCCCCCCCCCCCCCCCCCCCCCCCCCCCCCCCCCCc1cccc(S(=O)(=O)[O-])c1.CCCCCCCCCCCCCCCCCCCCCCCCCCCCCCCCCCCCCCc1cccc(S(=O)(=O)[O-])c1.[Ca+2]. The van der Waals surface area contributed by atoms with E-state index in [0.29, 0.717) is 0 Å². The van der Waals surface area contributed by atoms with Gasteiger partial charge in [-0.15, -0.1) is 0 Å². The van der Waals surface area contributed by atoms with Crippen molar-refractivity contribution in [1.82, 2.24) is 0 Å². The molecule has 2 aromatic carbocycles. The Morgan fingerprint density at radius 2 is 0.330 bits per heavy atom. The quantitative estimate of drug-likeness (QED) is 0.0370. The first-order valence-electron chi connectivity index (χ1n) is 43.2. The van der Waals surface area contributed by atoms with E-state index in [-0.39, 0.29) is 47.5 Å². The van der Waals surface area contributed by atoms with Gasteiger partial charge in [0.05, 0.1) is 9.79 Å². The summed E-state index contributed by atoms with van der Waals surface area (Å²) in [4.78, 5) is -0.210. The summed E-state index contributed by atoms with van der Waals surface area (Å²) in [6, 6.07) is 13.0. The predicted octanol–water partition coefficient (Wildman–Crippen LogP) is 30.0. The van der Waals surface area contributed by atoms with Crippen molar-refractivity contribution >= 4 is 58.0 Å². The number of aryl methyl sites for hydroxylation is 2. The molecule has 0 fully saturated rings. The number of rotatable bonds is 76. The fourth-order valence-electron chi connectivity index (χ4n) is 14.5. The zero-order chi connectivity index (χ0) is 69.3. The van der Waals surface area contributed by atoms with Gasteiger partial charge in [0.1, 0.15) is 20.2 Å². The van der Waals surface area contributed by atoms with Crippen LogP contribution in [0.25, 0.3) is 0 Å². The largest absolute Gasteiger partial charge is 2.00 e. The van der Waals surface area contributed by atoms with Gasteiger partial charge in [-0.2, -0.15) is 0 Å². The van der Waals surface area contributed by atoms with Gasteiger partial charge in [0.25, 0.3) is 0 Å². The molecule has 0 aliphatic rings. The van der Waals surface area contributed by atoms with Crippen LogP contribution in [0.2, 0.25) is 0 Å². The topological polar surface area (TPSA) is 114 Å². The second-order valence-electron chi connectivity index (χ2n) is 30.5. The number of hydrogen-bond acceptors (Lipinski definition) is 6. The Labute approximate surface area is 637 Å². The monoisotopic (exact) mass is 1420 g/mol. The molecule has 9 heteroatoms. The molecule has 0 atom stereocenters. The molecule has 0 bridgehead atoms. The van der Waals surface area contributed by atoms with Crippen LogP contribution in [0, 0.1) is 0 Å². The van der Waals surface area contributed by atoms with Crippen molar-refractivity contribution in [2.24, 2.45) is 0 Å². The second kappa shape index (κ2) is 76.6. The van der Waals surface area contributed by atoms with Crippen LogP contribution in [0.3, 0.4) is 0 Å². The molecule has 0 saturated heterocycles. The molecule has 2 aromatic rings. The average molecular weight is 1420 g/mol. The normalized spacial score (nSPS) is 11.8. The zero-order valence-electron chi connectivity index (χ0n) is 64.9. The third kappa shape index (κ3) is 72.3. The van der Waals surface area contributed by atoms with Crippen molar-refractivity contribution in [3.8, 4) is 0 Å². The first kappa shape index (κ1) is 96.5. The van der Waals surface area contributed by atoms with Crippen LogP contribution in [-0.2, 0) is 33.1 Å². The van der Waals surface area contributed by atoms with Crippen molar-refractivity contribution in [3.05, 3.63) is 59.7 Å². The fraction of sp³-hybridized carbons (Fsp3) is 0.864. The van der Waals surface area contributed by atoms with Gasteiger partial charge in [-0.1, -0.05) is 488 Å². The zero-order valence-corrected chi connectivity index (χ0v) is 68.8. The van der Waals surface area contributed by atoms with Crippen molar-refractivity contribution in [3.63, 3.8) is 0 Å². The minimum Gasteiger partial charge on any atom is -0.744 e. The van der Waals surface area contributed by atoms with E-state index in [0.717, 1.165) is 36.8 Å². The molecule has 2 rings (SSSR count). The molecule has 0 heterocycles. The van der Waals surface area contributed by atoms with Gasteiger partial charge in [-0.3, -0.25) is 0 Å². The summed E-state index contributed by atoms with van der Waals surface area (Å²) in [5.41, 5.74) is 1.90. The summed E-state index contributed by atoms with van der Waals surface area (Å²) in [6.45, 7) is 4.60. The Morgan fingerprint density at radius 3 is 0.454 bits per heavy atom. The summed E-state index contributed by atoms with van der Waals surface area (Å²) < 4.78 is 67.0. The average Bonchev–Trinajstić information content (AvgIpc) is 0.942. The van der Waals surface area contributed by atoms with Gasteiger partial charge in [-0.25, -0.2) is 16.8 Å². The summed E-state index contributed by atoms with van der Waals surface area (Å²) in [7, 11) is -8.70. The molecule has 0 aliphatic heterocycles. The van der Waals surface area contributed by atoms with E-state index in [2.05, 4.69) is 13.8 Å². The second-order valence-corrected chi connectivity index (χ2v) is 33.2. The van der Waals surface area contributed by atoms with Gasteiger partial charge in [0.2, 0.25) is 0 Å². The number of unbranched alkanes of at least 4 members (excludes halogenated alkanes) is 70. The molecule has 6 nitrogen and oxygen atoms in total. The summed E-state index contributed by atoms with van der Waals surface area (Å²) in [5.74, 6) is 0. The van der Waals surface area contributed by atoms with Crippen LogP contribution in [0.5, 0.6) is 0 Å². The molecule has 0 unspecified atom stereocenters. The van der Waals surface area contributed by atoms with Crippen LogP contribution < -0.4 is 0 Å². The Kier molecular flexibility index (Phi) is 76.3. The van der Waals surface area contributed by atoms with Gasteiger partial charge in [-0.05, 0) is 61.1 Å². The van der Waals surface area contributed by atoms with Gasteiger partial charge < -0.3 is 9.11 Å². The smallest absolute Gasteiger partial charge is 0.744 e. The first-order valence-corrected chi connectivity index (χ1v) is 46.0. The van der Waals surface area contributed by atoms with Gasteiger partial charge >= 0.3 is 37.7 Å². The fourth-order valence-corrected chi connectivity index (χ4v) is 15.6. The van der Waals surface area contributed by atoms with E-state index in [9.17, 15) is 25.9 Å². The number of hydrogen-bond donors (Lipinski definition) is 0. The third-order valence-electron chi connectivity index (χ3n) is 21.0. The van der Waals surface area contributed by atoms with E-state index < -0.39 is 20.2 Å². The van der Waals surface area contributed by atoms with E-state index in [1.165, 1.54) is 474 Å². The van der Waals surface area contributed by atoms with Crippen LogP contribution in [0.4, 0.5) is 0 Å². The summed E-state index contributed by atoms with van der Waals surface area (Å²) in [5, 5.41) is 0. The molecule has 0 radical (unpaired) electrons. The Bertz CT molecular complexity index is 1950. The van der Waals surface area contributed by atoms with Crippen LogP contribution in [-0.4, -0.2) is 63.7 Å². The minimum absolute atomic E-state index is 0. The van der Waals surface area contributed by atoms with E-state index in [1.807, 2.05) is 12.1 Å². The maximum atomic E-state index is 11.2. The van der Waals surface area contributed by atoms with E-state index in [1.54, 1.807) is 12.1 Å². The summed E-state index contributed by atoms with van der Waals surface area (Å²) in [6.07, 6.45) is 104. The molecule has 564 valence electrons. The van der Waals surface area contributed by atoms with Crippen LogP contribution >= 0.6 is 0 Å². The molecule has 0 N–H and O–H groups in total. The van der Waals surface area contributed by atoms with Gasteiger partial charge in [0, 0.05) is 0 Å². The Balaban J connectivity index is 0.00000188. The molecule has 0 amide bonds. The number of benzene rings is 2. The first-order chi connectivity index (χ1) is 47.1. The molecular weight excluding hydrogens is 1260 g/mol. The molecule has 0 spiro atoms. The van der Waals surface area contributed by atoms with Crippen LogP contribution in [0.15, 0.2) is 58.3 Å². The van der Waals surface area contributed by atoms with Gasteiger partial charge in [0.15, 0.2) is 0 Å². The molecule has 0 aliphatic carbocycles. The van der Waals surface area contributed by atoms with E-state index >= 15 is 0 Å². The molecule has 0 saturated carbocycles. The minimum atomic E-state index is -4.35. The van der Waals surface area contributed by atoms with Crippen molar-refractivity contribution in [2.75, 3.05) is 0 Å². The molecule has 0 aromatic heterocycles. The maximum Gasteiger partial charge on any atom is 2.00 e. The Morgan fingerprint density at radius 1 is 0.206 bits per heavy atom. The third-order valence-corrected chi connectivity index (χ3v) is 22.7. The van der Waals surface area contributed by atoms with Crippen molar-refractivity contribution < 1.29 is 25.9 Å². The van der Waals surface area contributed by atoms with Crippen molar-refractivity contribution in [2.45, 2.75) is 499 Å². The molecular formula is C88H162CaO6S2. The van der Waals surface area contributed by atoms with E-state index in [4.69, 9.17) is 0 Å². The van der Waals surface area contributed by atoms with Crippen LogP contribution in [0.1, 0.15) is 487 Å². The predicted molar refractivity (Wildman–Crippen MR) is 426 cm³/mol. The Hall–Kier alpha value is -0.480. The van der Waals surface area contributed by atoms with Crippen molar-refractivity contribution in [1.29, 1.82) is 0 Å². The standard InChI is InChI=1S/2C44H82O3S.Ca/c2*1-2-3-4-5-6-7-8-9-10-11-12-13-14-15-16-17-18-19-20-21-22-23-24-25-26-27-28-29-30-31-32-33-34-35-36-37-39-43-40-38-41-44(42-43)48(45,46)47;/h2*38,40-42H,2-37,39H2,1H3,(H,45,46,47);/q;;+2/p-2. The molecule has 97 heavy (non-hydrogen) atoms. The summed E-state index contributed by atoms with van der Waals surface area (Å²) >= 11 is 0.